The van der Waals surface area contributed by atoms with Crippen molar-refractivity contribution >= 4 is 23.4 Å². The maximum Gasteiger partial charge on any atom is 0.278 e. The summed E-state index contributed by atoms with van der Waals surface area (Å²) in [6.45, 7) is 10.4. The highest BCUT2D eigenvalue weighted by Crippen LogP contribution is 2.21. The number of quaternary nitrogens is 2. The zero-order valence-corrected chi connectivity index (χ0v) is 19.0. The van der Waals surface area contributed by atoms with Gasteiger partial charge in [-0.1, -0.05) is 11.6 Å². The average molecular weight is 427 g/mol. The molecule has 2 amide bonds. The van der Waals surface area contributed by atoms with E-state index in [1.54, 1.807) is 13.2 Å². The predicted molar refractivity (Wildman–Crippen MR) is 114 cm³/mol. The molecule has 1 unspecified atom stereocenters. The molecular weight excluding hydrogens is 392 g/mol. The van der Waals surface area contributed by atoms with Gasteiger partial charge in [-0.25, -0.2) is 0 Å². The van der Waals surface area contributed by atoms with Crippen LogP contribution in [0.1, 0.15) is 26.3 Å². The van der Waals surface area contributed by atoms with E-state index < -0.39 is 0 Å². The predicted octanol–water partition coefficient (Wildman–Crippen LogP) is -0.995. The van der Waals surface area contributed by atoms with E-state index in [1.165, 1.54) is 4.90 Å². The van der Waals surface area contributed by atoms with Gasteiger partial charge in [0.25, 0.3) is 11.8 Å². The summed E-state index contributed by atoms with van der Waals surface area (Å²) < 4.78 is 5.39. The van der Waals surface area contributed by atoms with Crippen LogP contribution in [0.25, 0.3) is 0 Å². The molecule has 1 aliphatic heterocycles. The molecule has 29 heavy (non-hydrogen) atoms. The van der Waals surface area contributed by atoms with Crippen LogP contribution in [0, 0.1) is 0 Å². The van der Waals surface area contributed by atoms with Crippen LogP contribution in [0.3, 0.4) is 0 Å². The number of halogens is 1. The summed E-state index contributed by atoms with van der Waals surface area (Å²) in [6.07, 6.45) is 0. The Hall–Kier alpha value is -1.83. The van der Waals surface area contributed by atoms with Gasteiger partial charge < -0.3 is 24.8 Å². The molecular formula is C21H35ClN4O3+2. The van der Waals surface area contributed by atoms with Crippen molar-refractivity contribution in [1.82, 2.24) is 10.2 Å². The Kier molecular flexibility index (Phi) is 8.31. The Labute approximate surface area is 178 Å². The van der Waals surface area contributed by atoms with Crippen LogP contribution in [0.5, 0.6) is 5.75 Å². The van der Waals surface area contributed by atoms with Crippen LogP contribution < -0.4 is 19.9 Å². The van der Waals surface area contributed by atoms with E-state index in [9.17, 15) is 9.59 Å². The largest absolute Gasteiger partial charge is 0.496 e. The molecule has 2 rings (SSSR count). The molecule has 3 N–H and O–H groups in total. The van der Waals surface area contributed by atoms with Gasteiger partial charge >= 0.3 is 0 Å². The molecule has 8 heteroatoms. The summed E-state index contributed by atoms with van der Waals surface area (Å²) in [4.78, 5) is 29.0. The second-order valence-corrected chi connectivity index (χ2v) is 9.31. The first kappa shape index (κ1) is 23.4. The Morgan fingerprint density at radius 1 is 1.28 bits per heavy atom. The first-order chi connectivity index (χ1) is 13.6. The molecule has 0 saturated carbocycles. The maximum absolute atomic E-state index is 12.7. The minimum atomic E-state index is -0.215. The molecule has 1 aromatic rings. The fourth-order valence-corrected chi connectivity index (χ4v) is 3.78. The molecule has 162 valence electrons. The maximum atomic E-state index is 12.7. The van der Waals surface area contributed by atoms with Gasteiger partial charge in [0.15, 0.2) is 13.1 Å². The number of hydrogen-bond donors (Lipinski definition) is 3. The second-order valence-electron chi connectivity index (χ2n) is 8.87. The molecule has 0 aromatic heterocycles. The van der Waals surface area contributed by atoms with Gasteiger partial charge in [0.1, 0.15) is 12.3 Å². The lowest BCUT2D eigenvalue weighted by Crippen LogP contribution is -3.16. The summed E-state index contributed by atoms with van der Waals surface area (Å²) in [6, 6.07) is 5.54. The van der Waals surface area contributed by atoms with Gasteiger partial charge in [-0.3, -0.25) is 9.59 Å². The molecule has 1 atom stereocenters. The molecule has 0 radical (unpaired) electrons. The van der Waals surface area contributed by atoms with Crippen LogP contribution in [-0.4, -0.2) is 75.7 Å². The molecule has 1 saturated heterocycles. The van der Waals surface area contributed by atoms with E-state index in [0.717, 1.165) is 29.3 Å². The SMILES string of the molecule is COc1ccc(Cl)cc1C[NH+](C)CC(=O)N1CC[NH+](CC(=O)NC(C)(C)C)CC1. The van der Waals surface area contributed by atoms with Crippen LogP contribution >= 0.6 is 11.6 Å². The fourth-order valence-electron chi connectivity index (χ4n) is 3.58. The zero-order chi connectivity index (χ0) is 21.6. The Morgan fingerprint density at radius 2 is 1.93 bits per heavy atom. The van der Waals surface area contributed by atoms with Crippen molar-refractivity contribution < 1.29 is 24.1 Å². The number of nitrogens with one attached hydrogen (secondary N) is 3. The van der Waals surface area contributed by atoms with E-state index in [4.69, 9.17) is 16.3 Å². The third-order valence-corrected chi connectivity index (χ3v) is 5.17. The number of likely N-dealkylation sites (N-methyl/N-ethyl adjacent to an activating group) is 1. The number of nitrogens with zero attached hydrogens (tertiary/aromatic N) is 1. The van der Waals surface area contributed by atoms with Crippen molar-refractivity contribution in [2.24, 2.45) is 0 Å². The summed E-state index contributed by atoms with van der Waals surface area (Å²) in [5.41, 5.74) is 0.775. The van der Waals surface area contributed by atoms with Gasteiger partial charge in [0.05, 0.1) is 40.3 Å². The second kappa shape index (κ2) is 10.3. The minimum absolute atomic E-state index is 0.0620. The summed E-state index contributed by atoms with van der Waals surface area (Å²) in [5.74, 6) is 0.987. The van der Waals surface area contributed by atoms with Crippen LogP contribution in [0.15, 0.2) is 18.2 Å². The number of carbonyl (C=O) groups is 2. The van der Waals surface area contributed by atoms with Gasteiger partial charge in [-0.15, -0.1) is 0 Å². The molecule has 0 spiro atoms. The first-order valence-corrected chi connectivity index (χ1v) is 10.5. The van der Waals surface area contributed by atoms with Crippen LogP contribution in [0.2, 0.25) is 5.02 Å². The summed E-state index contributed by atoms with van der Waals surface area (Å²) in [7, 11) is 3.63. The van der Waals surface area contributed by atoms with Crippen LogP contribution in [0.4, 0.5) is 0 Å². The molecule has 1 heterocycles. The number of hydrogen-bond acceptors (Lipinski definition) is 3. The number of rotatable bonds is 7. The Morgan fingerprint density at radius 3 is 2.52 bits per heavy atom. The highest BCUT2D eigenvalue weighted by atomic mass is 35.5. The first-order valence-electron chi connectivity index (χ1n) is 10.1. The van der Waals surface area contributed by atoms with Crippen molar-refractivity contribution in [3.63, 3.8) is 0 Å². The zero-order valence-electron chi connectivity index (χ0n) is 18.2. The van der Waals surface area contributed by atoms with Crippen molar-refractivity contribution in [3.05, 3.63) is 28.8 Å². The van der Waals surface area contributed by atoms with E-state index in [1.807, 2.05) is 44.9 Å². The molecule has 1 aliphatic rings. The monoisotopic (exact) mass is 426 g/mol. The highest BCUT2D eigenvalue weighted by molar-refractivity contribution is 6.30. The van der Waals surface area contributed by atoms with Gasteiger partial charge in [-0.05, 0) is 39.0 Å². The minimum Gasteiger partial charge on any atom is -0.496 e. The molecule has 1 fully saturated rings. The number of amides is 2. The summed E-state index contributed by atoms with van der Waals surface area (Å²) in [5, 5.41) is 3.66. The topological polar surface area (TPSA) is 67.5 Å². The number of piperazine rings is 1. The van der Waals surface area contributed by atoms with E-state index >= 15 is 0 Å². The Balaban J connectivity index is 1.79. The number of benzene rings is 1. The molecule has 0 aliphatic carbocycles. The Bertz CT molecular complexity index is 712. The van der Waals surface area contributed by atoms with Crippen molar-refractivity contribution in [2.75, 3.05) is 53.4 Å². The van der Waals surface area contributed by atoms with Crippen molar-refractivity contribution in [3.8, 4) is 5.75 Å². The van der Waals surface area contributed by atoms with E-state index in [-0.39, 0.29) is 17.4 Å². The molecule has 7 nitrogen and oxygen atoms in total. The van der Waals surface area contributed by atoms with Crippen molar-refractivity contribution in [2.45, 2.75) is 32.9 Å². The van der Waals surface area contributed by atoms with Gasteiger partial charge in [0.2, 0.25) is 0 Å². The summed E-state index contributed by atoms with van der Waals surface area (Å²) >= 11 is 6.10. The van der Waals surface area contributed by atoms with E-state index in [2.05, 4.69) is 5.32 Å². The lowest BCUT2D eigenvalue weighted by molar-refractivity contribution is -0.897. The lowest BCUT2D eigenvalue weighted by atomic mass is 10.1. The lowest BCUT2D eigenvalue weighted by Gasteiger charge is -2.32. The smallest absolute Gasteiger partial charge is 0.278 e. The van der Waals surface area contributed by atoms with E-state index in [0.29, 0.717) is 37.7 Å². The quantitative estimate of drug-likeness (QED) is 0.524. The number of methoxy groups -OCH3 is 1. The van der Waals surface area contributed by atoms with Crippen LogP contribution in [-0.2, 0) is 16.1 Å². The van der Waals surface area contributed by atoms with Gasteiger partial charge in [0, 0.05) is 16.1 Å². The normalized spacial score (nSPS) is 16.4. The third-order valence-electron chi connectivity index (χ3n) is 4.94. The average Bonchev–Trinajstić information content (AvgIpc) is 2.60. The number of ether oxygens (including phenoxy) is 1. The number of carbonyl (C=O) groups excluding carboxylic acids is 2. The molecule has 0 bridgehead atoms. The van der Waals surface area contributed by atoms with Gasteiger partial charge in [-0.2, -0.15) is 0 Å². The highest BCUT2D eigenvalue weighted by Gasteiger charge is 2.27. The van der Waals surface area contributed by atoms with Crippen molar-refractivity contribution in [1.29, 1.82) is 0 Å². The molecule has 1 aromatic carbocycles. The standard InChI is InChI=1S/C21H33ClN4O3/c1-21(2,3)23-19(27)14-25-8-10-26(11-9-25)20(28)15-24(4)13-16-12-17(22)6-7-18(16)29-5/h6-7,12H,8-11,13-15H2,1-5H3,(H,23,27)/p+2. The third kappa shape index (κ3) is 7.84. The fraction of sp³-hybridized carbons (Fsp3) is 0.619.